The molecule has 1 unspecified atom stereocenters. The average Bonchev–Trinajstić information content (AvgIpc) is 2.34. The molecule has 1 aromatic carbocycles. The van der Waals surface area contributed by atoms with Gasteiger partial charge in [0.25, 0.3) is 0 Å². The second kappa shape index (κ2) is 2.24. The fourth-order valence-electron chi connectivity index (χ4n) is 1.62. The van der Waals surface area contributed by atoms with Gasteiger partial charge in [-0.1, -0.05) is 12.1 Å². The third-order valence-corrected chi connectivity index (χ3v) is 2.21. The molecular weight excluding hydrogens is 138 g/mol. The first-order chi connectivity index (χ1) is 5.29. The molecule has 1 heterocycles. The van der Waals surface area contributed by atoms with Crippen LogP contribution in [0, 0.1) is 0 Å². The molecule has 1 aromatic rings. The average molecular weight is 149 g/mol. The van der Waals surface area contributed by atoms with Crippen molar-refractivity contribution in [2.45, 2.75) is 19.5 Å². The molecule has 1 aliphatic heterocycles. The first-order valence-corrected chi connectivity index (χ1v) is 3.83. The van der Waals surface area contributed by atoms with Crippen LogP contribution in [0.5, 0.6) is 5.75 Å². The zero-order chi connectivity index (χ0) is 7.84. The van der Waals surface area contributed by atoms with Crippen LogP contribution in [0.15, 0.2) is 18.2 Å². The molecule has 58 valence electrons. The number of hydrogen-bond donors (Lipinski definition) is 2. The van der Waals surface area contributed by atoms with Gasteiger partial charge in [0.15, 0.2) is 0 Å². The second-order valence-corrected chi connectivity index (χ2v) is 2.95. The molecule has 0 fully saturated rings. The Bertz CT molecular complexity index is 283. The summed E-state index contributed by atoms with van der Waals surface area (Å²) in [4.78, 5) is 0. The largest absolute Gasteiger partial charge is 0.508 e. The van der Waals surface area contributed by atoms with Crippen molar-refractivity contribution in [3.63, 3.8) is 0 Å². The molecule has 0 aliphatic carbocycles. The molecule has 1 aliphatic rings. The molecule has 2 heteroatoms. The molecule has 0 radical (unpaired) electrons. The normalized spacial score (nSPS) is 21.7. The molecule has 11 heavy (non-hydrogen) atoms. The van der Waals surface area contributed by atoms with Gasteiger partial charge in [0, 0.05) is 18.2 Å². The zero-order valence-electron chi connectivity index (χ0n) is 6.46. The van der Waals surface area contributed by atoms with Gasteiger partial charge >= 0.3 is 0 Å². The highest BCUT2D eigenvalue weighted by molar-refractivity contribution is 5.43. The lowest BCUT2D eigenvalue weighted by Gasteiger charge is -2.05. The maximum atomic E-state index is 9.46. The van der Waals surface area contributed by atoms with Crippen LogP contribution in [0.2, 0.25) is 0 Å². The Morgan fingerprint density at radius 2 is 2.36 bits per heavy atom. The predicted molar refractivity (Wildman–Crippen MR) is 43.4 cm³/mol. The summed E-state index contributed by atoms with van der Waals surface area (Å²) >= 11 is 0. The third-order valence-electron chi connectivity index (χ3n) is 2.21. The maximum absolute atomic E-state index is 9.46. The zero-order valence-corrected chi connectivity index (χ0v) is 6.46. The first kappa shape index (κ1) is 6.68. The number of rotatable bonds is 0. The van der Waals surface area contributed by atoms with Crippen molar-refractivity contribution < 1.29 is 5.11 Å². The van der Waals surface area contributed by atoms with Gasteiger partial charge in [0.05, 0.1) is 0 Å². The van der Waals surface area contributed by atoms with Gasteiger partial charge in [0.2, 0.25) is 0 Å². The van der Waals surface area contributed by atoms with E-state index in [1.54, 1.807) is 6.07 Å². The van der Waals surface area contributed by atoms with Crippen molar-refractivity contribution >= 4 is 0 Å². The third kappa shape index (κ3) is 0.906. The van der Waals surface area contributed by atoms with Crippen molar-refractivity contribution in [2.75, 3.05) is 0 Å². The van der Waals surface area contributed by atoms with Crippen LogP contribution in [-0.2, 0) is 6.54 Å². The van der Waals surface area contributed by atoms with Crippen LogP contribution in [0.3, 0.4) is 0 Å². The van der Waals surface area contributed by atoms with E-state index in [1.165, 1.54) is 5.56 Å². The first-order valence-electron chi connectivity index (χ1n) is 3.83. The van der Waals surface area contributed by atoms with Gasteiger partial charge in [-0.2, -0.15) is 0 Å². The molecule has 2 rings (SSSR count). The second-order valence-electron chi connectivity index (χ2n) is 2.95. The fourth-order valence-corrected chi connectivity index (χ4v) is 1.62. The van der Waals surface area contributed by atoms with Gasteiger partial charge in [-0.15, -0.1) is 0 Å². The van der Waals surface area contributed by atoms with E-state index in [9.17, 15) is 5.11 Å². The Morgan fingerprint density at radius 1 is 1.55 bits per heavy atom. The smallest absolute Gasteiger partial charge is 0.120 e. The quantitative estimate of drug-likeness (QED) is 0.586. The highest BCUT2D eigenvalue weighted by Crippen LogP contribution is 2.31. The summed E-state index contributed by atoms with van der Waals surface area (Å²) in [5.41, 5.74) is 2.28. The lowest BCUT2D eigenvalue weighted by atomic mass is 10.1. The van der Waals surface area contributed by atoms with Crippen LogP contribution in [0.25, 0.3) is 0 Å². The Labute approximate surface area is 65.9 Å². The van der Waals surface area contributed by atoms with Gasteiger partial charge in [0.1, 0.15) is 5.75 Å². The van der Waals surface area contributed by atoms with E-state index in [2.05, 4.69) is 12.2 Å². The molecule has 0 amide bonds. The molecule has 2 N–H and O–H groups in total. The van der Waals surface area contributed by atoms with Gasteiger partial charge in [-0.3, -0.25) is 0 Å². The Balaban J connectivity index is 2.58. The van der Waals surface area contributed by atoms with Crippen molar-refractivity contribution in [1.82, 2.24) is 5.32 Å². The Morgan fingerprint density at radius 3 is 3.09 bits per heavy atom. The van der Waals surface area contributed by atoms with Crippen molar-refractivity contribution in [3.8, 4) is 5.75 Å². The van der Waals surface area contributed by atoms with E-state index < -0.39 is 0 Å². The van der Waals surface area contributed by atoms with E-state index in [4.69, 9.17) is 0 Å². The highest BCUT2D eigenvalue weighted by atomic mass is 16.3. The number of phenolic OH excluding ortho intramolecular Hbond substituents is 1. The van der Waals surface area contributed by atoms with E-state index in [0.29, 0.717) is 11.8 Å². The van der Waals surface area contributed by atoms with Crippen LogP contribution < -0.4 is 5.32 Å². The van der Waals surface area contributed by atoms with E-state index in [-0.39, 0.29) is 0 Å². The van der Waals surface area contributed by atoms with Crippen LogP contribution >= 0.6 is 0 Å². The maximum Gasteiger partial charge on any atom is 0.120 e. The molecule has 0 aromatic heterocycles. The number of nitrogens with one attached hydrogen (secondary N) is 1. The SMILES string of the molecule is CC1NCc2cccc(O)c21. The number of benzene rings is 1. The summed E-state index contributed by atoms with van der Waals surface area (Å²) in [5, 5.41) is 12.7. The predicted octanol–water partition coefficient (Wildman–Crippen LogP) is 1.56. The minimum absolute atomic E-state index is 0.297. The summed E-state index contributed by atoms with van der Waals surface area (Å²) < 4.78 is 0. The summed E-state index contributed by atoms with van der Waals surface area (Å²) in [7, 11) is 0. The minimum Gasteiger partial charge on any atom is -0.508 e. The molecule has 0 saturated heterocycles. The molecule has 0 spiro atoms. The summed E-state index contributed by atoms with van der Waals surface area (Å²) in [5.74, 6) is 0.417. The summed E-state index contributed by atoms with van der Waals surface area (Å²) in [6.07, 6.45) is 0. The lowest BCUT2D eigenvalue weighted by Crippen LogP contribution is -2.07. The van der Waals surface area contributed by atoms with Crippen molar-refractivity contribution in [3.05, 3.63) is 29.3 Å². The van der Waals surface area contributed by atoms with Gasteiger partial charge < -0.3 is 10.4 Å². The highest BCUT2D eigenvalue weighted by Gasteiger charge is 2.20. The lowest BCUT2D eigenvalue weighted by molar-refractivity contribution is 0.462. The van der Waals surface area contributed by atoms with Crippen molar-refractivity contribution in [2.24, 2.45) is 0 Å². The van der Waals surface area contributed by atoms with Gasteiger partial charge in [-0.05, 0) is 18.6 Å². The van der Waals surface area contributed by atoms with Crippen molar-refractivity contribution in [1.29, 1.82) is 0 Å². The standard InChI is InChI=1S/C9H11NO/c1-6-9-7(5-10-6)3-2-4-8(9)11/h2-4,6,10-11H,5H2,1H3. The van der Waals surface area contributed by atoms with Gasteiger partial charge in [-0.25, -0.2) is 0 Å². The summed E-state index contributed by atoms with van der Waals surface area (Å²) in [6, 6.07) is 5.97. The topological polar surface area (TPSA) is 32.3 Å². The number of fused-ring (bicyclic) bond motifs is 1. The number of phenols is 1. The molecular formula is C9H11NO. The fraction of sp³-hybridized carbons (Fsp3) is 0.333. The molecule has 2 nitrogen and oxygen atoms in total. The Hall–Kier alpha value is -1.02. The van der Waals surface area contributed by atoms with E-state index in [0.717, 1.165) is 12.1 Å². The molecule has 1 atom stereocenters. The number of aromatic hydroxyl groups is 1. The van der Waals surface area contributed by atoms with E-state index in [1.807, 2.05) is 12.1 Å². The number of hydrogen-bond acceptors (Lipinski definition) is 2. The Kier molecular flexibility index (Phi) is 1.36. The molecule has 0 bridgehead atoms. The molecule has 0 saturated carbocycles. The van der Waals surface area contributed by atoms with Crippen LogP contribution in [0.1, 0.15) is 24.1 Å². The monoisotopic (exact) mass is 149 g/mol. The van der Waals surface area contributed by atoms with Crippen LogP contribution in [0.4, 0.5) is 0 Å². The minimum atomic E-state index is 0.297. The van der Waals surface area contributed by atoms with Crippen LogP contribution in [-0.4, -0.2) is 5.11 Å². The summed E-state index contributed by atoms with van der Waals surface area (Å²) in [6.45, 7) is 2.94. The van der Waals surface area contributed by atoms with E-state index >= 15 is 0 Å².